The van der Waals surface area contributed by atoms with Crippen LogP contribution in [0.2, 0.25) is 0 Å². The predicted molar refractivity (Wildman–Crippen MR) is 85.3 cm³/mol. The second-order valence-electron chi connectivity index (χ2n) is 5.79. The first-order chi connectivity index (χ1) is 10.5. The van der Waals surface area contributed by atoms with Crippen LogP contribution in [0.1, 0.15) is 35.3 Å². The summed E-state index contributed by atoms with van der Waals surface area (Å²) in [5.74, 6) is -1.46. The van der Waals surface area contributed by atoms with Gasteiger partial charge in [-0.05, 0) is 25.7 Å². The lowest BCUT2D eigenvalue weighted by Crippen LogP contribution is -2.41. The molecule has 0 saturated heterocycles. The maximum Gasteiger partial charge on any atom is 0.317 e. The summed E-state index contributed by atoms with van der Waals surface area (Å²) >= 11 is 1.76. The highest BCUT2D eigenvalue weighted by molar-refractivity contribution is 7.11. The third kappa shape index (κ3) is 4.43. The van der Waals surface area contributed by atoms with Gasteiger partial charge in [-0.3, -0.25) is 4.79 Å². The van der Waals surface area contributed by atoms with Gasteiger partial charge in [0.05, 0.1) is 16.6 Å². The molecule has 2 rings (SSSR count). The molecule has 1 aromatic rings. The molecule has 1 aromatic heterocycles. The highest BCUT2D eigenvalue weighted by atomic mass is 32.1. The molecule has 22 heavy (non-hydrogen) atoms. The number of aromatic nitrogens is 1. The Morgan fingerprint density at radius 3 is 2.82 bits per heavy atom. The zero-order valence-corrected chi connectivity index (χ0v) is 13.9. The van der Waals surface area contributed by atoms with Gasteiger partial charge in [-0.15, -0.1) is 11.3 Å². The Morgan fingerprint density at radius 1 is 1.41 bits per heavy atom. The fraction of sp³-hybridized carbons (Fsp3) is 0.667. The molecular weight excluding hydrogens is 302 g/mol. The zero-order valence-electron chi connectivity index (χ0n) is 13.1. The van der Waals surface area contributed by atoms with E-state index in [1.165, 1.54) is 28.3 Å². The van der Waals surface area contributed by atoms with Crippen LogP contribution in [-0.2, 0) is 24.1 Å². The highest BCUT2D eigenvalue weighted by Gasteiger charge is 2.18. The summed E-state index contributed by atoms with van der Waals surface area (Å²) in [7, 11) is 1.61. The molecular formula is C15H23N3O3S. The number of hydrogen-bond donors (Lipinski definition) is 2. The molecule has 1 atom stereocenters. The van der Waals surface area contributed by atoms with Gasteiger partial charge in [0, 0.05) is 31.4 Å². The number of fused-ring (bicyclic) bond motifs is 1. The Balaban J connectivity index is 1.74. The molecule has 1 heterocycles. The number of carboxylic acids is 1. The first-order valence-corrected chi connectivity index (χ1v) is 8.48. The summed E-state index contributed by atoms with van der Waals surface area (Å²) in [6, 6.07) is -0.241. The van der Waals surface area contributed by atoms with Crippen molar-refractivity contribution in [1.82, 2.24) is 15.2 Å². The van der Waals surface area contributed by atoms with Crippen molar-refractivity contribution in [1.29, 1.82) is 0 Å². The number of thiazole rings is 1. The van der Waals surface area contributed by atoms with Crippen molar-refractivity contribution in [3.63, 3.8) is 0 Å². The van der Waals surface area contributed by atoms with Crippen LogP contribution in [-0.4, -0.2) is 47.1 Å². The average Bonchev–Trinajstić information content (AvgIpc) is 2.89. The number of carboxylic acid groups (broad SMARTS) is 1. The Morgan fingerprint density at radius 2 is 2.14 bits per heavy atom. The fourth-order valence-electron chi connectivity index (χ4n) is 2.50. The van der Waals surface area contributed by atoms with Crippen molar-refractivity contribution in [3.05, 3.63) is 15.6 Å². The van der Waals surface area contributed by atoms with Crippen LogP contribution in [0.3, 0.4) is 0 Å². The number of aryl methyl sites for hydroxylation is 2. The minimum atomic E-state index is -0.895. The monoisotopic (exact) mass is 325 g/mol. The second-order valence-corrected chi connectivity index (χ2v) is 6.95. The third-order valence-electron chi connectivity index (χ3n) is 3.82. The Hall–Kier alpha value is -1.63. The molecule has 0 aliphatic heterocycles. The normalized spacial score (nSPS) is 15.0. The van der Waals surface area contributed by atoms with Crippen molar-refractivity contribution in [2.45, 2.75) is 39.0 Å². The maximum atomic E-state index is 11.9. The minimum absolute atomic E-state index is 0.201. The van der Waals surface area contributed by atoms with E-state index in [1.54, 1.807) is 25.3 Å². The molecule has 0 saturated carbocycles. The third-order valence-corrected chi connectivity index (χ3v) is 5.04. The SMILES string of the molecule is CC(CN(C)C(=O)NCCc1nc2c(s1)CCCC2)C(=O)O. The van der Waals surface area contributed by atoms with Crippen LogP contribution in [0.5, 0.6) is 0 Å². The molecule has 1 aliphatic rings. The lowest BCUT2D eigenvalue weighted by Gasteiger charge is -2.19. The summed E-state index contributed by atoms with van der Waals surface area (Å²) in [6.07, 6.45) is 5.41. The van der Waals surface area contributed by atoms with Gasteiger partial charge in [0.2, 0.25) is 0 Å². The summed E-state index contributed by atoms with van der Waals surface area (Å²) in [6.45, 7) is 2.32. The van der Waals surface area contributed by atoms with Gasteiger partial charge >= 0.3 is 12.0 Å². The van der Waals surface area contributed by atoms with Crippen LogP contribution >= 0.6 is 11.3 Å². The maximum absolute atomic E-state index is 11.9. The minimum Gasteiger partial charge on any atom is -0.481 e. The standard InChI is InChI=1S/C15H23N3O3S/c1-10(14(19)20)9-18(2)15(21)16-8-7-13-17-11-5-3-4-6-12(11)22-13/h10H,3-9H2,1-2H3,(H,16,21)(H,19,20). The van der Waals surface area contributed by atoms with E-state index in [-0.39, 0.29) is 12.6 Å². The number of rotatable bonds is 6. The van der Waals surface area contributed by atoms with E-state index >= 15 is 0 Å². The summed E-state index contributed by atoms with van der Waals surface area (Å²) < 4.78 is 0. The number of amides is 2. The molecule has 6 nitrogen and oxygen atoms in total. The molecule has 2 amide bonds. The zero-order chi connectivity index (χ0) is 16.1. The van der Waals surface area contributed by atoms with Crippen LogP contribution in [0.4, 0.5) is 4.79 Å². The van der Waals surface area contributed by atoms with E-state index in [4.69, 9.17) is 5.11 Å². The molecule has 0 spiro atoms. The quantitative estimate of drug-likeness (QED) is 0.837. The smallest absolute Gasteiger partial charge is 0.317 e. The van der Waals surface area contributed by atoms with E-state index in [1.807, 2.05) is 0 Å². The lowest BCUT2D eigenvalue weighted by atomic mass is 10.0. The van der Waals surface area contributed by atoms with Crippen LogP contribution in [0.25, 0.3) is 0 Å². The molecule has 7 heteroatoms. The average molecular weight is 325 g/mol. The first-order valence-electron chi connectivity index (χ1n) is 7.66. The van der Waals surface area contributed by atoms with Crippen LogP contribution in [0.15, 0.2) is 0 Å². The van der Waals surface area contributed by atoms with Gasteiger partial charge in [-0.1, -0.05) is 6.92 Å². The van der Waals surface area contributed by atoms with E-state index in [0.29, 0.717) is 6.54 Å². The number of hydrogen-bond acceptors (Lipinski definition) is 4. The number of nitrogens with zero attached hydrogens (tertiary/aromatic N) is 2. The summed E-state index contributed by atoms with van der Waals surface area (Å²) in [4.78, 5) is 30.1. The van der Waals surface area contributed by atoms with E-state index in [0.717, 1.165) is 24.3 Å². The molecule has 2 N–H and O–H groups in total. The van der Waals surface area contributed by atoms with Gasteiger partial charge in [-0.2, -0.15) is 0 Å². The van der Waals surface area contributed by atoms with E-state index in [2.05, 4.69) is 10.3 Å². The van der Waals surface area contributed by atoms with Gasteiger partial charge in [0.15, 0.2) is 0 Å². The summed E-state index contributed by atoms with van der Waals surface area (Å²) in [5, 5.41) is 12.7. The fourth-order valence-corrected chi connectivity index (χ4v) is 3.65. The predicted octanol–water partition coefficient (Wildman–Crippen LogP) is 1.93. The number of nitrogens with one attached hydrogen (secondary N) is 1. The topological polar surface area (TPSA) is 82.5 Å². The Bertz CT molecular complexity index is 521. The van der Waals surface area contributed by atoms with Crippen molar-refractivity contribution in [2.75, 3.05) is 20.1 Å². The highest BCUT2D eigenvalue weighted by Crippen LogP contribution is 2.26. The molecule has 1 aliphatic carbocycles. The summed E-state index contributed by atoms with van der Waals surface area (Å²) in [5.41, 5.74) is 1.24. The van der Waals surface area contributed by atoms with Crippen molar-refractivity contribution in [3.8, 4) is 0 Å². The largest absolute Gasteiger partial charge is 0.481 e. The van der Waals surface area contributed by atoms with Gasteiger partial charge in [0.25, 0.3) is 0 Å². The van der Waals surface area contributed by atoms with Crippen LogP contribution < -0.4 is 5.32 Å². The second kappa shape index (κ2) is 7.58. The van der Waals surface area contributed by atoms with Crippen molar-refractivity contribution < 1.29 is 14.7 Å². The van der Waals surface area contributed by atoms with Crippen molar-refractivity contribution >= 4 is 23.3 Å². The van der Waals surface area contributed by atoms with Crippen LogP contribution in [0, 0.1) is 5.92 Å². The van der Waals surface area contributed by atoms with Crippen molar-refractivity contribution in [2.24, 2.45) is 5.92 Å². The molecule has 0 aromatic carbocycles. The lowest BCUT2D eigenvalue weighted by molar-refractivity contribution is -0.141. The van der Waals surface area contributed by atoms with E-state index in [9.17, 15) is 9.59 Å². The van der Waals surface area contributed by atoms with E-state index < -0.39 is 11.9 Å². The first kappa shape index (κ1) is 16.7. The molecule has 0 radical (unpaired) electrons. The Kier molecular flexibility index (Phi) is 5.76. The molecule has 0 fully saturated rings. The van der Waals surface area contributed by atoms with Gasteiger partial charge in [0.1, 0.15) is 0 Å². The molecule has 0 bridgehead atoms. The molecule has 122 valence electrons. The number of aliphatic carboxylic acids is 1. The van der Waals surface area contributed by atoms with Gasteiger partial charge < -0.3 is 15.3 Å². The number of carbonyl (C=O) groups excluding carboxylic acids is 1. The Labute approximate surface area is 134 Å². The number of carbonyl (C=O) groups is 2. The number of urea groups is 1. The van der Waals surface area contributed by atoms with Gasteiger partial charge in [-0.25, -0.2) is 9.78 Å². The molecule has 1 unspecified atom stereocenters.